The molecule has 0 unspecified atom stereocenters. The Morgan fingerprint density at radius 3 is 2.31 bits per heavy atom. The second-order valence-electron chi connectivity index (χ2n) is 7.55. The highest BCUT2D eigenvalue weighted by molar-refractivity contribution is 9.10. The van der Waals surface area contributed by atoms with E-state index in [0.717, 1.165) is 29.0 Å². The minimum atomic E-state index is -0.421. The van der Waals surface area contributed by atoms with E-state index in [1.165, 1.54) is 23.4 Å². The van der Waals surface area contributed by atoms with Crippen molar-refractivity contribution in [2.24, 2.45) is 0 Å². The summed E-state index contributed by atoms with van der Waals surface area (Å²) in [5, 5.41) is 11.7. The molecule has 3 aromatic carbocycles. The molecule has 0 saturated carbocycles. The minimum absolute atomic E-state index is 0.0496. The lowest BCUT2D eigenvalue weighted by Gasteiger charge is -2.34. The van der Waals surface area contributed by atoms with Gasteiger partial charge in [-0.25, -0.2) is 0 Å². The van der Waals surface area contributed by atoms with Crippen molar-refractivity contribution in [2.75, 3.05) is 26.2 Å². The Balaban J connectivity index is 1.43. The molecule has 4 rings (SSSR count). The maximum atomic E-state index is 13.0. The molecule has 1 fully saturated rings. The van der Waals surface area contributed by atoms with Crippen LogP contribution in [0, 0.1) is 10.1 Å². The Morgan fingerprint density at radius 2 is 1.66 bits per heavy atom. The highest BCUT2D eigenvalue weighted by Gasteiger charge is 2.25. The average molecular weight is 512 g/mol. The zero-order chi connectivity index (χ0) is 22.5. The molecule has 0 atom stereocenters. The fourth-order valence-electron chi connectivity index (χ4n) is 3.64. The van der Waals surface area contributed by atoms with E-state index < -0.39 is 4.92 Å². The van der Waals surface area contributed by atoms with Crippen molar-refractivity contribution in [1.29, 1.82) is 0 Å². The first kappa shape index (κ1) is 22.5. The summed E-state index contributed by atoms with van der Waals surface area (Å²) in [6.45, 7) is 3.63. The zero-order valence-electron chi connectivity index (χ0n) is 17.3. The predicted octanol–water partition coefficient (Wildman–Crippen LogP) is 5.47. The molecule has 1 aliphatic heterocycles. The normalized spacial score (nSPS) is 14.3. The van der Waals surface area contributed by atoms with Gasteiger partial charge >= 0.3 is 0 Å². The van der Waals surface area contributed by atoms with Crippen molar-refractivity contribution in [3.05, 3.63) is 98.5 Å². The fourth-order valence-corrected chi connectivity index (χ4v) is 4.81. The standard InChI is InChI=1S/C24H22BrN3O3S/c25-20-7-9-21(10-8-20)32-23-11-6-19(16-22(23)28(30)31)24(29)27-14-12-26(13-15-27)17-18-4-2-1-3-5-18/h1-11,16H,12-15,17H2. The Bertz CT molecular complexity index is 1100. The molecule has 1 heterocycles. The van der Waals surface area contributed by atoms with Crippen LogP contribution in [0.5, 0.6) is 0 Å². The van der Waals surface area contributed by atoms with E-state index in [1.54, 1.807) is 17.0 Å². The molecule has 0 spiro atoms. The molecular weight excluding hydrogens is 490 g/mol. The van der Waals surface area contributed by atoms with Gasteiger partial charge in [0.2, 0.25) is 0 Å². The second kappa shape index (κ2) is 10.3. The highest BCUT2D eigenvalue weighted by Crippen LogP contribution is 2.36. The van der Waals surface area contributed by atoms with Gasteiger partial charge in [0.1, 0.15) is 0 Å². The lowest BCUT2D eigenvalue weighted by molar-refractivity contribution is -0.387. The molecule has 0 aliphatic carbocycles. The summed E-state index contributed by atoms with van der Waals surface area (Å²) in [5.41, 5.74) is 1.56. The minimum Gasteiger partial charge on any atom is -0.336 e. The first-order chi connectivity index (χ1) is 15.5. The van der Waals surface area contributed by atoms with Crippen LogP contribution in [0.2, 0.25) is 0 Å². The maximum absolute atomic E-state index is 13.0. The molecule has 164 valence electrons. The Morgan fingerprint density at radius 1 is 0.969 bits per heavy atom. The molecule has 0 bridgehead atoms. The second-order valence-corrected chi connectivity index (χ2v) is 9.58. The van der Waals surface area contributed by atoms with Crippen molar-refractivity contribution >= 4 is 39.3 Å². The Kier molecular flexibility index (Phi) is 7.24. The number of hydrogen-bond acceptors (Lipinski definition) is 5. The first-order valence-corrected chi connectivity index (χ1v) is 11.9. The molecule has 1 amide bonds. The number of benzene rings is 3. The van der Waals surface area contributed by atoms with Gasteiger partial charge in [0.15, 0.2) is 0 Å². The van der Waals surface area contributed by atoms with Gasteiger partial charge in [0, 0.05) is 53.7 Å². The van der Waals surface area contributed by atoms with Crippen molar-refractivity contribution < 1.29 is 9.72 Å². The van der Waals surface area contributed by atoms with Gasteiger partial charge in [-0.05, 0) is 42.0 Å². The van der Waals surface area contributed by atoms with E-state index in [-0.39, 0.29) is 11.6 Å². The number of hydrogen-bond donors (Lipinski definition) is 0. The van der Waals surface area contributed by atoms with Gasteiger partial charge in [0.05, 0.1) is 9.82 Å². The molecule has 8 heteroatoms. The van der Waals surface area contributed by atoms with Crippen molar-refractivity contribution in [1.82, 2.24) is 9.80 Å². The SMILES string of the molecule is O=C(c1ccc(Sc2ccc(Br)cc2)c([N+](=O)[O-])c1)N1CCN(Cc2ccccc2)CC1. The quantitative estimate of drug-likeness (QED) is 0.324. The number of nitro groups is 1. The number of nitro benzene ring substituents is 1. The number of rotatable bonds is 6. The number of carbonyl (C=O) groups is 1. The van der Waals surface area contributed by atoms with E-state index in [0.29, 0.717) is 23.5 Å². The van der Waals surface area contributed by atoms with Crippen molar-refractivity contribution in [3.8, 4) is 0 Å². The van der Waals surface area contributed by atoms with Crippen LogP contribution in [0.15, 0.2) is 87.1 Å². The van der Waals surface area contributed by atoms with Crippen LogP contribution in [0.3, 0.4) is 0 Å². The number of amides is 1. The van der Waals surface area contributed by atoms with Gasteiger partial charge in [-0.2, -0.15) is 0 Å². The molecule has 1 aliphatic rings. The molecule has 3 aromatic rings. The van der Waals surface area contributed by atoms with Gasteiger partial charge in [-0.3, -0.25) is 19.8 Å². The van der Waals surface area contributed by atoms with E-state index in [9.17, 15) is 14.9 Å². The first-order valence-electron chi connectivity index (χ1n) is 10.3. The summed E-state index contributed by atoms with van der Waals surface area (Å²) >= 11 is 4.70. The third kappa shape index (κ3) is 5.56. The summed E-state index contributed by atoms with van der Waals surface area (Å²) in [6, 6.07) is 22.6. The highest BCUT2D eigenvalue weighted by atomic mass is 79.9. The Hall–Kier alpha value is -2.68. The van der Waals surface area contributed by atoms with Gasteiger partial charge < -0.3 is 4.90 Å². The van der Waals surface area contributed by atoms with Crippen LogP contribution >= 0.6 is 27.7 Å². The molecule has 32 heavy (non-hydrogen) atoms. The summed E-state index contributed by atoms with van der Waals surface area (Å²) in [7, 11) is 0. The predicted molar refractivity (Wildman–Crippen MR) is 129 cm³/mol. The van der Waals surface area contributed by atoms with Gasteiger partial charge in [-0.1, -0.05) is 58.0 Å². The molecule has 0 radical (unpaired) electrons. The van der Waals surface area contributed by atoms with Gasteiger partial charge in [0.25, 0.3) is 11.6 Å². The van der Waals surface area contributed by atoms with Crippen LogP contribution < -0.4 is 0 Å². The average Bonchev–Trinajstić information content (AvgIpc) is 2.81. The van der Waals surface area contributed by atoms with E-state index in [2.05, 4.69) is 33.0 Å². The van der Waals surface area contributed by atoms with Crippen LogP contribution in [-0.4, -0.2) is 46.8 Å². The maximum Gasteiger partial charge on any atom is 0.284 e. The van der Waals surface area contributed by atoms with Crippen molar-refractivity contribution in [3.63, 3.8) is 0 Å². The molecule has 0 aromatic heterocycles. The van der Waals surface area contributed by atoms with Crippen molar-refractivity contribution in [2.45, 2.75) is 16.3 Å². The smallest absolute Gasteiger partial charge is 0.284 e. The third-order valence-electron chi connectivity index (χ3n) is 5.35. The van der Waals surface area contributed by atoms with E-state index in [1.807, 2.05) is 42.5 Å². The summed E-state index contributed by atoms with van der Waals surface area (Å²) < 4.78 is 0.946. The van der Waals surface area contributed by atoms with E-state index >= 15 is 0 Å². The molecule has 6 nitrogen and oxygen atoms in total. The summed E-state index contributed by atoms with van der Waals surface area (Å²) in [5.74, 6) is -0.160. The number of halogens is 1. The number of nitrogens with zero attached hydrogens (tertiary/aromatic N) is 3. The third-order valence-corrected chi connectivity index (χ3v) is 6.95. The van der Waals surface area contributed by atoms with Crippen LogP contribution in [0.4, 0.5) is 5.69 Å². The van der Waals surface area contributed by atoms with Crippen LogP contribution in [0.25, 0.3) is 0 Å². The number of piperazine rings is 1. The van der Waals surface area contributed by atoms with Crippen LogP contribution in [0.1, 0.15) is 15.9 Å². The largest absolute Gasteiger partial charge is 0.336 e. The number of carbonyl (C=O) groups excluding carboxylic acids is 1. The summed E-state index contributed by atoms with van der Waals surface area (Å²) in [4.78, 5) is 29.8. The molecule has 0 N–H and O–H groups in total. The molecular formula is C24H22BrN3O3S. The summed E-state index contributed by atoms with van der Waals surface area (Å²) in [6.07, 6.45) is 0. The topological polar surface area (TPSA) is 66.7 Å². The fraction of sp³-hybridized carbons (Fsp3) is 0.208. The lowest BCUT2D eigenvalue weighted by Crippen LogP contribution is -2.48. The monoisotopic (exact) mass is 511 g/mol. The Labute approximate surface area is 199 Å². The molecule has 1 saturated heterocycles. The zero-order valence-corrected chi connectivity index (χ0v) is 19.7. The van der Waals surface area contributed by atoms with E-state index in [4.69, 9.17) is 0 Å². The lowest BCUT2D eigenvalue weighted by atomic mass is 10.1. The van der Waals surface area contributed by atoms with Crippen LogP contribution in [-0.2, 0) is 6.54 Å². The van der Waals surface area contributed by atoms with Gasteiger partial charge in [-0.15, -0.1) is 0 Å².